The maximum atomic E-state index is 10.8. The minimum absolute atomic E-state index is 0.0792. The van der Waals surface area contributed by atoms with E-state index in [1.807, 2.05) is 22.9 Å². The highest BCUT2D eigenvalue weighted by molar-refractivity contribution is 14.1. The summed E-state index contributed by atoms with van der Waals surface area (Å²) in [5.74, 6) is 0.0792. The van der Waals surface area contributed by atoms with Gasteiger partial charge in [-0.3, -0.25) is 10.2 Å². The Kier molecular flexibility index (Phi) is 8.38. The number of hydrogen-bond donors (Lipinski definition) is 2. The number of nitrogens with one attached hydrogen (secondary N) is 2. The standard InChI is InChI=1S/C7H15IN2O/c1-2-3-4-5-6-7(11)9-10-8/h10H,2-6H2,1H3,(H,9,11). The summed E-state index contributed by atoms with van der Waals surface area (Å²) in [5.41, 5.74) is 2.52. The van der Waals surface area contributed by atoms with Crippen LogP contribution in [-0.4, -0.2) is 5.91 Å². The first-order chi connectivity index (χ1) is 5.31. The zero-order chi connectivity index (χ0) is 8.53. The van der Waals surface area contributed by atoms with Gasteiger partial charge in [0.05, 0.1) is 0 Å². The summed E-state index contributed by atoms with van der Waals surface area (Å²) in [4.78, 5) is 10.8. The molecule has 0 fully saturated rings. The average molecular weight is 270 g/mol. The predicted octanol–water partition coefficient (Wildman–Crippen LogP) is 1.93. The second-order valence-corrected chi connectivity index (χ2v) is 2.99. The number of amides is 1. The predicted molar refractivity (Wildman–Crippen MR) is 54.1 cm³/mol. The molecule has 0 spiro atoms. The van der Waals surface area contributed by atoms with Gasteiger partial charge < -0.3 is 0 Å². The molecule has 0 aromatic carbocycles. The summed E-state index contributed by atoms with van der Waals surface area (Å²) in [6, 6.07) is 0. The van der Waals surface area contributed by atoms with Crippen LogP contribution < -0.4 is 9.06 Å². The Morgan fingerprint density at radius 2 is 2.09 bits per heavy atom. The van der Waals surface area contributed by atoms with Crippen LogP contribution in [0.5, 0.6) is 0 Å². The molecule has 0 unspecified atom stereocenters. The van der Waals surface area contributed by atoms with Crippen molar-refractivity contribution in [1.82, 2.24) is 9.06 Å². The molecular formula is C7H15IN2O. The van der Waals surface area contributed by atoms with Crippen molar-refractivity contribution in [2.75, 3.05) is 0 Å². The molecule has 0 aliphatic carbocycles. The normalized spacial score (nSPS) is 9.64. The Labute approximate surface area is 81.8 Å². The molecule has 0 aliphatic heterocycles. The van der Waals surface area contributed by atoms with Gasteiger partial charge in [-0.25, -0.2) is 0 Å². The third-order valence-corrected chi connectivity index (χ3v) is 1.71. The lowest BCUT2D eigenvalue weighted by Crippen LogP contribution is -2.29. The maximum absolute atomic E-state index is 10.8. The van der Waals surface area contributed by atoms with Gasteiger partial charge in [0.1, 0.15) is 0 Å². The van der Waals surface area contributed by atoms with E-state index in [0.717, 1.165) is 12.8 Å². The minimum atomic E-state index is 0.0792. The van der Waals surface area contributed by atoms with Gasteiger partial charge in [-0.2, -0.15) is 3.64 Å². The number of carbonyl (C=O) groups excluding carboxylic acids is 1. The molecule has 1 amide bonds. The fraction of sp³-hybridized carbons (Fsp3) is 0.857. The van der Waals surface area contributed by atoms with Crippen molar-refractivity contribution >= 4 is 28.8 Å². The second kappa shape index (κ2) is 8.26. The molecular weight excluding hydrogens is 255 g/mol. The molecule has 0 atom stereocenters. The molecule has 66 valence electrons. The molecule has 0 aromatic heterocycles. The number of hydrogen-bond acceptors (Lipinski definition) is 2. The van der Waals surface area contributed by atoms with Crippen LogP contribution in [0.2, 0.25) is 0 Å². The van der Waals surface area contributed by atoms with E-state index >= 15 is 0 Å². The van der Waals surface area contributed by atoms with Crippen molar-refractivity contribution in [3.8, 4) is 0 Å². The highest BCUT2D eigenvalue weighted by atomic mass is 127. The lowest BCUT2D eigenvalue weighted by Gasteiger charge is -2.00. The summed E-state index contributed by atoms with van der Waals surface area (Å²) in [5, 5.41) is 0. The van der Waals surface area contributed by atoms with E-state index in [4.69, 9.17) is 0 Å². The lowest BCUT2D eigenvalue weighted by molar-refractivity contribution is -0.121. The molecule has 0 aliphatic rings. The van der Waals surface area contributed by atoms with Crippen molar-refractivity contribution in [2.24, 2.45) is 0 Å². The molecule has 0 saturated carbocycles. The molecule has 0 bridgehead atoms. The molecule has 0 aromatic rings. The Morgan fingerprint density at radius 3 is 2.64 bits per heavy atom. The summed E-state index contributed by atoms with van der Waals surface area (Å²) in [6.07, 6.45) is 5.23. The molecule has 0 heterocycles. The Balaban J connectivity index is 3.04. The highest BCUT2D eigenvalue weighted by Crippen LogP contribution is 2.01. The fourth-order valence-electron chi connectivity index (χ4n) is 0.828. The van der Waals surface area contributed by atoms with Gasteiger partial charge in [0.2, 0.25) is 5.91 Å². The summed E-state index contributed by atoms with van der Waals surface area (Å²) in [7, 11) is 0. The zero-order valence-corrected chi connectivity index (χ0v) is 8.98. The topological polar surface area (TPSA) is 41.1 Å². The van der Waals surface area contributed by atoms with Crippen LogP contribution in [-0.2, 0) is 4.79 Å². The number of carbonyl (C=O) groups is 1. The van der Waals surface area contributed by atoms with E-state index in [0.29, 0.717) is 6.42 Å². The van der Waals surface area contributed by atoms with Gasteiger partial charge in [-0.15, -0.1) is 0 Å². The third kappa shape index (κ3) is 8.06. The quantitative estimate of drug-likeness (QED) is 0.335. The third-order valence-electron chi connectivity index (χ3n) is 1.44. The Hall–Kier alpha value is 0.160. The Morgan fingerprint density at radius 1 is 1.36 bits per heavy atom. The lowest BCUT2D eigenvalue weighted by atomic mass is 10.1. The smallest absolute Gasteiger partial charge is 0.234 e. The van der Waals surface area contributed by atoms with Gasteiger partial charge in [-0.1, -0.05) is 26.2 Å². The maximum Gasteiger partial charge on any atom is 0.234 e. The van der Waals surface area contributed by atoms with Crippen molar-refractivity contribution < 1.29 is 4.79 Å². The number of halogens is 1. The van der Waals surface area contributed by atoms with E-state index < -0.39 is 0 Å². The van der Waals surface area contributed by atoms with Crippen LogP contribution in [0.25, 0.3) is 0 Å². The summed E-state index contributed by atoms with van der Waals surface area (Å²) in [6.45, 7) is 2.16. The molecule has 0 saturated heterocycles. The molecule has 3 nitrogen and oxygen atoms in total. The second-order valence-electron chi connectivity index (χ2n) is 2.45. The van der Waals surface area contributed by atoms with Gasteiger partial charge in [0.15, 0.2) is 0 Å². The van der Waals surface area contributed by atoms with Gasteiger partial charge in [-0.05, 0) is 6.42 Å². The van der Waals surface area contributed by atoms with Crippen molar-refractivity contribution in [3.05, 3.63) is 0 Å². The molecule has 2 N–H and O–H groups in total. The van der Waals surface area contributed by atoms with Gasteiger partial charge in [0, 0.05) is 29.3 Å². The van der Waals surface area contributed by atoms with E-state index in [9.17, 15) is 4.79 Å². The first-order valence-corrected chi connectivity index (χ1v) is 5.03. The molecule has 4 heteroatoms. The van der Waals surface area contributed by atoms with Crippen molar-refractivity contribution in [1.29, 1.82) is 0 Å². The van der Waals surface area contributed by atoms with Gasteiger partial charge >= 0.3 is 0 Å². The molecule has 11 heavy (non-hydrogen) atoms. The molecule has 0 radical (unpaired) electrons. The monoisotopic (exact) mass is 270 g/mol. The average Bonchev–Trinajstić information content (AvgIpc) is 1.99. The number of rotatable bonds is 6. The van der Waals surface area contributed by atoms with Crippen LogP contribution in [0.1, 0.15) is 39.0 Å². The van der Waals surface area contributed by atoms with Crippen LogP contribution in [0.15, 0.2) is 0 Å². The van der Waals surface area contributed by atoms with Crippen LogP contribution >= 0.6 is 22.9 Å². The van der Waals surface area contributed by atoms with E-state index in [1.165, 1.54) is 12.8 Å². The van der Waals surface area contributed by atoms with Gasteiger partial charge in [0.25, 0.3) is 0 Å². The highest BCUT2D eigenvalue weighted by Gasteiger charge is 1.97. The first kappa shape index (κ1) is 11.2. The minimum Gasteiger partial charge on any atom is -0.282 e. The number of hydrazine groups is 1. The first-order valence-electron chi connectivity index (χ1n) is 3.95. The van der Waals surface area contributed by atoms with Crippen molar-refractivity contribution in [2.45, 2.75) is 39.0 Å². The fourth-order valence-corrected chi connectivity index (χ4v) is 1.13. The van der Waals surface area contributed by atoms with Crippen LogP contribution in [0.3, 0.4) is 0 Å². The molecule has 0 rings (SSSR count). The zero-order valence-electron chi connectivity index (χ0n) is 6.82. The number of unbranched alkanes of at least 4 members (excludes halogenated alkanes) is 3. The van der Waals surface area contributed by atoms with Crippen molar-refractivity contribution in [3.63, 3.8) is 0 Å². The largest absolute Gasteiger partial charge is 0.282 e. The Bertz CT molecular complexity index is 109. The van der Waals surface area contributed by atoms with E-state index in [2.05, 4.69) is 16.0 Å². The SMILES string of the molecule is CCCCCCC(=O)NNI. The van der Waals surface area contributed by atoms with E-state index in [-0.39, 0.29) is 5.91 Å². The van der Waals surface area contributed by atoms with Crippen LogP contribution in [0, 0.1) is 0 Å². The van der Waals surface area contributed by atoms with Crippen LogP contribution in [0.4, 0.5) is 0 Å². The summed E-state index contributed by atoms with van der Waals surface area (Å²) < 4.78 is 2.58. The summed E-state index contributed by atoms with van der Waals surface area (Å²) >= 11 is 1.89. The van der Waals surface area contributed by atoms with E-state index in [1.54, 1.807) is 0 Å².